The number of halogens is 3. The van der Waals surface area contributed by atoms with Crippen LogP contribution in [-0.4, -0.2) is 36.6 Å². The summed E-state index contributed by atoms with van der Waals surface area (Å²) in [5.74, 6) is -2.15. The van der Waals surface area contributed by atoms with Crippen LogP contribution in [0.25, 0.3) is 0 Å². The lowest BCUT2D eigenvalue weighted by molar-refractivity contribution is -0.185. The Kier molecular flexibility index (Phi) is 6.71. The lowest BCUT2D eigenvalue weighted by Crippen LogP contribution is -2.56. The Morgan fingerprint density at radius 1 is 1.04 bits per heavy atom. The fourth-order valence-electron chi connectivity index (χ4n) is 3.84. The molecule has 2 saturated carbocycles. The van der Waals surface area contributed by atoms with Crippen LogP contribution in [0.15, 0.2) is 0 Å². The standard InChI is InChI=1S/C17H28F3N3O2/c18-17(19,20)13-6-4-5-12(9-13)10-22-14(24)11-23-15(25)16(21)7-2-1-3-8-16/h12-13H,1-11,21H2,(H,22,24)(H,23,25). The van der Waals surface area contributed by atoms with Crippen LogP contribution in [0.1, 0.15) is 57.8 Å². The molecule has 0 radical (unpaired) electrons. The molecule has 2 fully saturated rings. The van der Waals surface area contributed by atoms with Gasteiger partial charge in [0.05, 0.1) is 18.0 Å². The molecule has 2 unspecified atom stereocenters. The number of carbonyl (C=O) groups excluding carboxylic acids is 2. The van der Waals surface area contributed by atoms with E-state index in [1.54, 1.807) is 0 Å². The summed E-state index contributed by atoms with van der Waals surface area (Å²) in [6, 6.07) is 0. The van der Waals surface area contributed by atoms with Gasteiger partial charge in [-0.2, -0.15) is 13.2 Å². The second-order valence-electron chi connectivity index (χ2n) is 7.47. The van der Waals surface area contributed by atoms with E-state index in [1.807, 2.05) is 0 Å². The van der Waals surface area contributed by atoms with Crippen LogP contribution in [0.3, 0.4) is 0 Å². The summed E-state index contributed by atoms with van der Waals surface area (Å²) in [5.41, 5.74) is 5.18. The van der Waals surface area contributed by atoms with Crippen molar-refractivity contribution in [2.24, 2.45) is 17.6 Å². The molecule has 2 rings (SSSR count). The van der Waals surface area contributed by atoms with Crippen LogP contribution in [0, 0.1) is 11.8 Å². The maximum absolute atomic E-state index is 12.8. The summed E-state index contributed by atoms with van der Waals surface area (Å²) in [6.45, 7) is 0.0300. The average molecular weight is 363 g/mol. The van der Waals surface area contributed by atoms with E-state index in [1.165, 1.54) is 0 Å². The van der Waals surface area contributed by atoms with E-state index in [0.29, 0.717) is 25.7 Å². The fourth-order valence-corrected chi connectivity index (χ4v) is 3.84. The maximum Gasteiger partial charge on any atom is 0.391 e. The van der Waals surface area contributed by atoms with E-state index < -0.39 is 17.6 Å². The minimum atomic E-state index is -4.16. The van der Waals surface area contributed by atoms with Gasteiger partial charge in [-0.3, -0.25) is 9.59 Å². The number of nitrogens with two attached hydrogens (primary N) is 1. The van der Waals surface area contributed by atoms with E-state index in [-0.39, 0.29) is 43.7 Å². The predicted octanol–water partition coefficient (Wildman–Crippen LogP) is 2.25. The van der Waals surface area contributed by atoms with Crippen molar-refractivity contribution in [2.75, 3.05) is 13.1 Å². The number of rotatable bonds is 5. The molecule has 0 heterocycles. The van der Waals surface area contributed by atoms with Gasteiger partial charge in [0.1, 0.15) is 0 Å². The minimum Gasteiger partial charge on any atom is -0.354 e. The van der Waals surface area contributed by atoms with Crippen molar-refractivity contribution in [2.45, 2.75) is 69.5 Å². The number of amides is 2. The average Bonchev–Trinajstić information content (AvgIpc) is 2.58. The Morgan fingerprint density at radius 3 is 2.36 bits per heavy atom. The third kappa shape index (κ3) is 5.87. The van der Waals surface area contributed by atoms with Crippen LogP contribution < -0.4 is 16.4 Å². The quantitative estimate of drug-likeness (QED) is 0.700. The third-order valence-electron chi connectivity index (χ3n) is 5.44. The highest BCUT2D eigenvalue weighted by Gasteiger charge is 2.42. The maximum atomic E-state index is 12.8. The van der Waals surface area contributed by atoms with Gasteiger partial charge in [0.25, 0.3) is 0 Å². The Morgan fingerprint density at radius 2 is 1.72 bits per heavy atom. The molecule has 0 bridgehead atoms. The van der Waals surface area contributed by atoms with Crippen LogP contribution in [0.2, 0.25) is 0 Å². The molecule has 5 nitrogen and oxygen atoms in total. The van der Waals surface area contributed by atoms with Crippen molar-refractivity contribution in [3.63, 3.8) is 0 Å². The summed E-state index contributed by atoms with van der Waals surface area (Å²) in [7, 11) is 0. The van der Waals surface area contributed by atoms with E-state index >= 15 is 0 Å². The molecule has 0 aliphatic heterocycles. The van der Waals surface area contributed by atoms with Crippen LogP contribution in [0.5, 0.6) is 0 Å². The number of hydrogen-bond acceptors (Lipinski definition) is 3. The molecule has 0 spiro atoms. The monoisotopic (exact) mass is 363 g/mol. The van der Waals surface area contributed by atoms with Crippen molar-refractivity contribution in [1.29, 1.82) is 0 Å². The Bertz CT molecular complexity index is 476. The Labute approximate surface area is 146 Å². The van der Waals surface area contributed by atoms with Gasteiger partial charge in [-0.15, -0.1) is 0 Å². The first-order valence-corrected chi connectivity index (χ1v) is 9.11. The molecule has 2 aliphatic rings. The van der Waals surface area contributed by atoms with E-state index in [2.05, 4.69) is 10.6 Å². The van der Waals surface area contributed by atoms with Crippen molar-refractivity contribution in [3.05, 3.63) is 0 Å². The SMILES string of the molecule is NC1(C(=O)NCC(=O)NCC2CCCC(C(F)(F)F)C2)CCCCC1. The first-order chi connectivity index (χ1) is 11.7. The molecule has 25 heavy (non-hydrogen) atoms. The number of nitrogens with one attached hydrogen (secondary N) is 2. The summed E-state index contributed by atoms with van der Waals surface area (Å²) in [5, 5.41) is 5.19. The van der Waals surface area contributed by atoms with Crippen LogP contribution in [0.4, 0.5) is 13.2 Å². The second-order valence-corrected chi connectivity index (χ2v) is 7.47. The molecule has 0 aromatic heterocycles. The molecule has 0 saturated heterocycles. The topological polar surface area (TPSA) is 84.2 Å². The lowest BCUT2D eigenvalue weighted by Gasteiger charge is -2.32. The normalized spacial score (nSPS) is 26.7. The molecular weight excluding hydrogens is 335 g/mol. The zero-order valence-corrected chi connectivity index (χ0v) is 14.5. The Balaban J connectivity index is 1.69. The van der Waals surface area contributed by atoms with Crippen molar-refractivity contribution in [1.82, 2.24) is 10.6 Å². The molecule has 0 aromatic rings. The summed E-state index contributed by atoms with van der Waals surface area (Å²) < 4.78 is 38.4. The van der Waals surface area contributed by atoms with Gasteiger partial charge in [0.15, 0.2) is 0 Å². The molecule has 0 aromatic carbocycles. The molecule has 8 heteroatoms. The van der Waals surface area contributed by atoms with E-state index in [4.69, 9.17) is 5.73 Å². The van der Waals surface area contributed by atoms with E-state index in [0.717, 1.165) is 19.3 Å². The van der Waals surface area contributed by atoms with Crippen molar-refractivity contribution >= 4 is 11.8 Å². The van der Waals surface area contributed by atoms with Gasteiger partial charge in [-0.25, -0.2) is 0 Å². The lowest BCUT2D eigenvalue weighted by atomic mass is 9.81. The van der Waals surface area contributed by atoms with Gasteiger partial charge in [-0.1, -0.05) is 25.7 Å². The zero-order chi connectivity index (χ0) is 18.5. The van der Waals surface area contributed by atoms with E-state index in [9.17, 15) is 22.8 Å². The van der Waals surface area contributed by atoms with Gasteiger partial charge in [0, 0.05) is 6.54 Å². The highest BCUT2D eigenvalue weighted by molar-refractivity contribution is 5.90. The molecule has 144 valence electrons. The Hall–Kier alpha value is -1.31. The number of carbonyl (C=O) groups is 2. The molecule has 2 atom stereocenters. The highest BCUT2D eigenvalue weighted by atomic mass is 19.4. The summed E-state index contributed by atoms with van der Waals surface area (Å²) in [4.78, 5) is 24.0. The minimum absolute atomic E-state index is 0.0576. The zero-order valence-electron chi connectivity index (χ0n) is 14.5. The largest absolute Gasteiger partial charge is 0.391 e. The van der Waals surface area contributed by atoms with Gasteiger partial charge >= 0.3 is 6.18 Å². The first-order valence-electron chi connectivity index (χ1n) is 9.11. The van der Waals surface area contributed by atoms with Crippen molar-refractivity contribution < 1.29 is 22.8 Å². The predicted molar refractivity (Wildman–Crippen MR) is 87.5 cm³/mol. The van der Waals surface area contributed by atoms with Crippen LogP contribution >= 0.6 is 0 Å². The highest BCUT2D eigenvalue weighted by Crippen LogP contribution is 2.39. The molecular formula is C17H28F3N3O2. The second kappa shape index (κ2) is 8.38. The molecule has 4 N–H and O–H groups in total. The van der Waals surface area contributed by atoms with Gasteiger partial charge in [-0.05, 0) is 38.0 Å². The third-order valence-corrected chi connectivity index (χ3v) is 5.44. The summed E-state index contributed by atoms with van der Waals surface area (Å²) in [6.07, 6.45) is 1.37. The smallest absolute Gasteiger partial charge is 0.354 e. The first kappa shape index (κ1) is 20.0. The fraction of sp³-hybridized carbons (Fsp3) is 0.882. The van der Waals surface area contributed by atoms with Crippen molar-refractivity contribution in [3.8, 4) is 0 Å². The van der Waals surface area contributed by atoms with Gasteiger partial charge in [0.2, 0.25) is 11.8 Å². The van der Waals surface area contributed by atoms with Crippen LogP contribution in [-0.2, 0) is 9.59 Å². The molecule has 2 amide bonds. The summed E-state index contributed by atoms with van der Waals surface area (Å²) >= 11 is 0. The number of hydrogen-bond donors (Lipinski definition) is 3. The van der Waals surface area contributed by atoms with Gasteiger partial charge < -0.3 is 16.4 Å². The molecule has 2 aliphatic carbocycles. The number of alkyl halides is 3.